The molecule has 1 amide bonds. The maximum absolute atomic E-state index is 11.9. The van der Waals surface area contributed by atoms with Gasteiger partial charge in [0.25, 0.3) is 0 Å². The van der Waals surface area contributed by atoms with Crippen molar-refractivity contribution in [2.24, 2.45) is 5.92 Å². The van der Waals surface area contributed by atoms with Gasteiger partial charge in [0, 0.05) is 18.5 Å². The SMILES string of the molecule is CC(C)CCC(=O)Nc1cccn2nc(C3CC3)nc12. The van der Waals surface area contributed by atoms with Crippen molar-refractivity contribution >= 4 is 17.2 Å². The standard InChI is InChI=1S/C15H20N4O/c1-10(2)5-8-13(20)16-12-4-3-9-19-15(12)17-14(18-19)11-6-7-11/h3-4,9-11H,5-8H2,1-2H3,(H,16,20). The zero-order valence-electron chi connectivity index (χ0n) is 12.0. The van der Waals surface area contributed by atoms with Crippen molar-refractivity contribution in [3.63, 3.8) is 0 Å². The van der Waals surface area contributed by atoms with Crippen LogP contribution in [0, 0.1) is 5.92 Å². The molecule has 1 saturated carbocycles. The Morgan fingerprint density at radius 3 is 3.00 bits per heavy atom. The van der Waals surface area contributed by atoms with E-state index in [1.165, 1.54) is 12.8 Å². The second kappa shape index (κ2) is 5.23. The Bertz CT molecular complexity index is 628. The molecule has 1 aliphatic rings. The Morgan fingerprint density at radius 1 is 1.50 bits per heavy atom. The van der Waals surface area contributed by atoms with Crippen LogP contribution < -0.4 is 5.32 Å². The van der Waals surface area contributed by atoms with Gasteiger partial charge in [-0.25, -0.2) is 9.50 Å². The van der Waals surface area contributed by atoms with Crippen LogP contribution in [0.5, 0.6) is 0 Å². The van der Waals surface area contributed by atoms with E-state index in [1.54, 1.807) is 4.52 Å². The summed E-state index contributed by atoms with van der Waals surface area (Å²) >= 11 is 0. The van der Waals surface area contributed by atoms with Crippen LogP contribution in [0.15, 0.2) is 18.3 Å². The number of hydrogen-bond acceptors (Lipinski definition) is 3. The van der Waals surface area contributed by atoms with Gasteiger partial charge in [-0.3, -0.25) is 4.79 Å². The number of rotatable bonds is 5. The fraction of sp³-hybridized carbons (Fsp3) is 0.533. The maximum Gasteiger partial charge on any atom is 0.224 e. The summed E-state index contributed by atoms with van der Waals surface area (Å²) in [6.07, 6.45) is 5.66. The zero-order chi connectivity index (χ0) is 14.1. The van der Waals surface area contributed by atoms with E-state index in [1.807, 2.05) is 18.3 Å². The molecule has 1 aliphatic carbocycles. The topological polar surface area (TPSA) is 59.3 Å². The highest BCUT2D eigenvalue weighted by molar-refractivity contribution is 5.94. The third-order valence-electron chi connectivity index (χ3n) is 3.54. The van der Waals surface area contributed by atoms with Gasteiger partial charge in [0.15, 0.2) is 11.5 Å². The van der Waals surface area contributed by atoms with Crippen LogP contribution in [0.1, 0.15) is 51.3 Å². The lowest BCUT2D eigenvalue weighted by molar-refractivity contribution is -0.116. The highest BCUT2D eigenvalue weighted by atomic mass is 16.1. The van der Waals surface area contributed by atoms with Crippen LogP contribution >= 0.6 is 0 Å². The van der Waals surface area contributed by atoms with Crippen LogP contribution in [0.25, 0.3) is 5.65 Å². The molecule has 5 nitrogen and oxygen atoms in total. The number of aromatic nitrogens is 3. The third kappa shape index (κ3) is 2.81. The lowest BCUT2D eigenvalue weighted by Crippen LogP contribution is -2.13. The second-order valence-electron chi connectivity index (χ2n) is 5.92. The van der Waals surface area contributed by atoms with Crippen molar-refractivity contribution < 1.29 is 4.79 Å². The highest BCUT2D eigenvalue weighted by Crippen LogP contribution is 2.38. The summed E-state index contributed by atoms with van der Waals surface area (Å²) in [7, 11) is 0. The molecule has 0 radical (unpaired) electrons. The van der Waals surface area contributed by atoms with Gasteiger partial charge in [0.05, 0.1) is 5.69 Å². The van der Waals surface area contributed by atoms with Gasteiger partial charge in [0.1, 0.15) is 0 Å². The molecule has 2 aromatic heterocycles. The van der Waals surface area contributed by atoms with Gasteiger partial charge in [0.2, 0.25) is 5.91 Å². The first kappa shape index (κ1) is 13.1. The summed E-state index contributed by atoms with van der Waals surface area (Å²) in [4.78, 5) is 16.5. The summed E-state index contributed by atoms with van der Waals surface area (Å²) in [6, 6.07) is 3.77. The van der Waals surface area contributed by atoms with Gasteiger partial charge in [-0.05, 0) is 37.3 Å². The molecule has 0 bridgehead atoms. The monoisotopic (exact) mass is 272 g/mol. The molecule has 0 unspecified atom stereocenters. The van der Waals surface area contributed by atoms with E-state index < -0.39 is 0 Å². The van der Waals surface area contributed by atoms with E-state index >= 15 is 0 Å². The molecular weight excluding hydrogens is 252 g/mol. The molecule has 0 atom stereocenters. The predicted octanol–water partition coefficient (Wildman–Crippen LogP) is 2.98. The van der Waals surface area contributed by atoms with Crippen molar-refractivity contribution in [2.45, 2.75) is 45.4 Å². The number of pyridine rings is 1. The molecule has 0 aromatic carbocycles. The summed E-state index contributed by atoms with van der Waals surface area (Å²) in [6.45, 7) is 4.24. The Kier molecular flexibility index (Phi) is 3.42. The van der Waals surface area contributed by atoms with Gasteiger partial charge >= 0.3 is 0 Å². The van der Waals surface area contributed by atoms with Crippen molar-refractivity contribution in [1.82, 2.24) is 14.6 Å². The average Bonchev–Trinajstić information content (AvgIpc) is 3.16. The number of hydrogen-bond donors (Lipinski definition) is 1. The lowest BCUT2D eigenvalue weighted by Gasteiger charge is -2.07. The molecule has 3 rings (SSSR count). The molecule has 1 N–H and O–H groups in total. The summed E-state index contributed by atoms with van der Waals surface area (Å²) < 4.78 is 1.76. The normalized spacial score (nSPS) is 14.9. The summed E-state index contributed by atoms with van der Waals surface area (Å²) in [5.41, 5.74) is 1.49. The predicted molar refractivity (Wildman–Crippen MR) is 77.7 cm³/mol. The molecule has 0 saturated heterocycles. The molecule has 0 aliphatic heterocycles. The number of carbonyl (C=O) groups is 1. The molecular formula is C15H20N4O. The molecule has 0 spiro atoms. The first-order chi connectivity index (χ1) is 9.63. The van der Waals surface area contributed by atoms with E-state index in [0.717, 1.165) is 23.6 Å². The minimum atomic E-state index is 0.0442. The molecule has 2 aromatic rings. The first-order valence-corrected chi connectivity index (χ1v) is 7.28. The van der Waals surface area contributed by atoms with Crippen molar-refractivity contribution in [1.29, 1.82) is 0 Å². The number of carbonyl (C=O) groups excluding carboxylic acids is 1. The minimum Gasteiger partial charge on any atom is -0.323 e. The van der Waals surface area contributed by atoms with Crippen molar-refractivity contribution in [3.05, 3.63) is 24.2 Å². The quantitative estimate of drug-likeness (QED) is 0.910. The van der Waals surface area contributed by atoms with Crippen LogP contribution in [0.3, 0.4) is 0 Å². The fourth-order valence-corrected chi connectivity index (χ4v) is 2.17. The van der Waals surface area contributed by atoms with Crippen LogP contribution in [0.2, 0.25) is 0 Å². The number of nitrogens with zero attached hydrogens (tertiary/aromatic N) is 3. The number of fused-ring (bicyclic) bond motifs is 1. The first-order valence-electron chi connectivity index (χ1n) is 7.28. The molecule has 5 heteroatoms. The van der Waals surface area contributed by atoms with Gasteiger partial charge < -0.3 is 5.32 Å². The largest absolute Gasteiger partial charge is 0.323 e. The van der Waals surface area contributed by atoms with Crippen molar-refractivity contribution in [2.75, 3.05) is 5.32 Å². The summed E-state index contributed by atoms with van der Waals surface area (Å²) in [5, 5.41) is 7.42. The third-order valence-corrected chi connectivity index (χ3v) is 3.54. The van der Waals surface area contributed by atoms with Gasteiger partial charge in [-0.1, -0.05) is 13.8 Å². The lowest BCUT2D eigenvalue weighted by atomic mass is 10.1. The zero-order valence-corrected chi connectivity index (χ0v) is 12.0. The van der Waals surface area contributed by atoms with Crippen LogP contribution in [0.4, 0.5) is 5.69 Å². The smallest absolute Gasteiger partial charge is 0.224 e. The van der Waals surface area contributed by atoms with E-state index in [4.69, 9.17) is 0 Å². The molecule has 20 heavy (non-hydrogen) atoms. The average molecular weight is 272 g/mol. The van der Waals surface area contributed by atoms with E-state index in [-0.39, 0.29) is 5.91 Å². The number of nitrogens with one attached hydrogen (secondary N) is 1. The van der Waals surface area contributed by atoms with Crippen LogP contribution in [-0.2, 0) is 4.79 Å². The van der Waals surface area contributed by atoms with E-state index in [9.17, 15) is 4.79 Å². The Hall–Kier alpha value is -1.91. The van der Waals surface area contributed by atoms with Gasteiger partial charge in [-0.15, -0.1) is 0 Å². The number of anilines is 1. The van der Waals surface area contributed by atoms with Gasteiger partial charge in [-0.2, -0.15) is 5.10 Å². The highest BCUT2D eigenvalue weighted by Gasteiger charge is 2.28. The molecule has 1 fully saturated rings. The van der Waals surface area contributed by atoms with E-state index in [0.29, 0.717) is 18.3 Å². The molecule has 2 heterocycles. The Morgan fingerprint density at radius 2 is 2.30 bits per heavy atom. The fourth-order valence-electron chi connectivity index (χ4n) is 2.17. The Balaban J connectivity index is 1.78. The second-order valence-corrected chi connectivity index (χ2v) is 5.92. The molecule has 106 valence electrons. The van der Waals surface area contributed by atoms with Crippen molar-refractivity contribution in [3.8, 4) is 0 Å². The Labute approximate surface area is 118 Å². The summed E-state index contributed by atoms with van der Waals surface area (Å²) in [5.74, 6) is 1.99. The van der Waals surface area contributed by atoms with E-state index in [2.05, 4.69) is 29.2 Å². The number of amides is 1. The minimum absolute atomic E-state index is 0.0442. The maximum atomic E-state index is 11.9. The van der Waals surface area contributed by atoms with Crippen LogP contribution in [-0.4, -0.2) is 20.5 Å².